The van der Waals surface area contributed by atoms with Gasteiger partial charge in [-0.3, -0.25) is 13.9 Å². The van der Waals surface area contributed by atoms with Crippen LogP contribution in [0.15, 0.2) is 15.8 Å². The van der Waals surface area contributed by atoms with Gasteiger partial charge < -0.3 is 24.5 Å². The summed E-state index contributed by atoms with van der Waals surface area (Å²) < 4.78 is 21.8. The van der Waals surface area contributed by atoms with Gasteiger partial charge in [0, 0.05) is 13.2 Å². The number of rotatable bonds is 4. The highest BCUT2D eigenvalue weighted by atomic mass is 35.9. The SMILES string of the molecule is Cn1c(=O)[nH]cc([C@@H]2O[C@H](COP(=O)(Cl)Cl)C(O)C2O)c1=O. The number of aromatic amines is 1. The molecule has 1 aliphatic rings. The number of aliphatic hydroxyl groups is 2. The normalized spacial score (nSPS) is 29.0. The van der Waals surface area contributed by atoms with E-state index in [9.17, 15) is 24.4 Å². The fourth-order valence-electron chi connectivity index (χ4n) is 2.09. The van der Waals surface area contributed by atoms with Gasteiger partial charge in [-0.25, -0.2) is 4.79 Å². The molecule has 0 saturated carbocycles. The van der Waals surface area contributed by atoms with Gasteiger partial charge in [0.15, 0.2) is 0 Å². The smallest absolute Gasteiger partial charge is 0.380 e. The average molecular weight is 375 g/mol. The minimum atomic E-state index is -3.82. The van der Waals surface area contributed by atoms with Crippen LogP contribution in [0.5, 0.6) is 0 Å². The van der Waals surface area contributed by atoms with Crippen LogP contribution in [-0.4, -0.2) is 44.7 Å². The number of ether oxygens (including phenoxy) is 1. The van der Waals surface area contributed by atoms with Crippen molar-refractivity contribution in [3.8, 4) is 0 Å². The zero-order valence-corrected chi connectivity index (χ0v) is 13.6. The molecule has 1 aliphatic heterocycles. The summed E-state index contributed by atoms with van der Waals surface area (Å²) in [5.74, 6) is 0. The molecule has 4 atom stereocenters. The number of halogens is 2. The van der Waals surface area contributed by atoms with Gasteiger partial charge in [0.2, 0.25) is 0 Å². The van der Waals surface area contributed by atoms with Crippen molar-refractivity contribution < 1.29 is 24.0 Å². The summed E-state index contributed by atoms with van der Waals surface area (Å²) in [7, 11) is 1.25. The molecule has 3 N–H and O–H groups in total. The summed E-state index contributed by atoms with van der Waals surface area (Å²) in [5, 5.41) is 19.9. The van der Waals surface area contributed by atoms with Gasteiger partial charge in [-0.1, -0.05) is 0 Å². The second-order valence-electron chi connectivity index (χ2n) is 4.70. The van der Waals surface area contributed by atoms with Crippen LogP contribution in [0.4, 0.5) is 0 Å². The largest absolute Gasteiger partial charge is 0.387 e. The third kappa shape index (κ3) is 3.62. The van der Waals surface area contributed by atoms with E-state index in [0.29, 0.717) is 0 Å². The Kier molecular flexibility index (Phi) is 5.18. The van der Waals surface area contributed by atoms with E-state index in [4.69, 9.17) is 27.2 Å². The number of nitrogens with one attached hydrogen (secondary N) is 1. The molecule has 2 heterocycles. The third-order valence-corrected chi connectivity index (χ3v) is 4.30. The number of H-pyrrole nitrogens is 1. The van der Waals surface area contributed by atoms with Crippen LogP contribution < -0.4 is 11.2 Å². The van der Waals surface area contributed by atoms with Crippen molar-refractivity contribution in [1.29, 1.82) is 0 Å². The molecule has 0 bridgehead atoms. The Morgan fingerprint density at radius 1 is 1.41 bits per heavy atom. The number of nitrogens with zero attached hydrogens (tertiary/aromatic N) is 1. The molecule has 1 fully saturated rings. The van der Waals surface area contributed by atoms with Crippen molar-refractivity contribution >= 4 is 28.6 Å². The maximum Gasteiger partial charge on any atom is 0.380 e. The van der Waals surface area contributed by atoms with Crippen LogP contribution >= 0.6 is 28.6 Å². The molecule has 2 unspecified atom stereocenters. The molecular weight excluding hydrogens is 362 g/mol. The second-order valence-corrected chi connectivity index (χ2v) is 8.98. The molecular formula is C10H13Cl2N2O7P. The molecule has 0 spiro atoms. The van der Waals surface area contributed by atoms with Gasteiger partial charge in [0.05, 0.1) is 12.2 Å². The monoisotopic (exact) mass is 374 g/mol. The van der Waals surface area contributed by atoms with Crippen molar-refractivity contribution in [2.24, 2.45) is 7.05 Å². The van der Waals surface area contributed by atoms with Gasteiger partial charge in [-0.2, -0.15) is 0 Å². The standard InChI is InChI=1S/C10H13Cl2N2O7P/c1-14-9(17)4(2-13-10(14)18)8-7(16)6(15)5(21-8)3-20-22(11,12)19/h2,5-8,15-16H,3H2,1H3,(H,13,18)/t5-,6?,7?,8+/m1/s1. The first kappa shape index (κ1) is 17.7. The van der Waals surface area contributed by atoms with Gasteiger partial charge in [0.1, 0.15) is 24.4 Å². The molecule has 1 aromatic heterocycles. The van der Waals surface area contributed by atoms with Gasteiger partial charge in [-0.05, 0) is 22.5 Å². The first-order valence-electron chi connectivity index (χ1n) is 6.06. The Hall–Kier alpha value is -0.670. The van der Waals surface area contributed by atoms with Crippen molar-refractivity contribution in [2.45, 2.75) is 24.4 Å². The molecule has 22 heavy (non-hydrogen) atoms. The first-order valence-corrected chi connectivity index (χ1v) is 9.49. The molecule has 0 amide bonds. The maximum atomic E-state index is 12.0. The van der Waals surface area contributed by atoms with Gasteiger partial charge in [0.25, 0.3) is 5.56 Å². The lowest BCUT2D eigenvalue weighted by atomic mass is 10.0. The summed E-state index contributed by atoms with van der Waals surface area (Å²) in [6, 6.07) is 0. The lowest BCUT2D eigenvalue weighted by molar-refractivity contribution is -0.0159. The quantitative estimate of drug-likeness (QED) is 0.623. The predicted octanol–water partition coefficient (Wildman–Crippen LogP) is -0.162. The molecule has 0 aromatic carbocycles. The molecule has 2 rings (SSSR count). The zero-order chi connectivity index (χ0) is 16.7. The van der Waals surface area contributed by atoms with E-state index >= 15 is 0 Å². The third-order valence-electron chi connectivity index (χ3n) is 3.27. The van der Waals surface area contributed by atoms with E-state index in [1.807, 2.05) is 0 Å². The Morgan fingerprint density at radius 3 is 2.64 bits per heavy atom. The zero-order valence-electron chi connectivity index (χ0n) is 11.2. The van der Waals surface area contributed by atoms with E-state index < -0.39 is 48.3 Å². The highest BCUT2D eigenvalue weighted by Crippen LogP contribution is 2.57. The summed E-state index contributed by atoms with van der Waals surface area (Å²) in [4.78, 5) is 25.6. The van der Waals surface area contributed by atoms with Crippen molar-refractivity contribution in [2.75, 3.05) is 6.61 Å². The lowest BCUT2D eigenvalue weighted by Crippen LogP contribution is -2.37. The molecule has 12 heteroatoms. The Balaban J connectivity index is 2.24. The van der Waals surface area contributed by atoms with Crippen molar-refractivity contribution in [1.82, 2.24) is 9.55 Å². The van der Waals surface area contributed by atoms with E-state index in [0.717, 1.165) is 10.8 Å². The van der Waals surface area contributed by atoms with Crippen LogP contribution in [0.25, 0.3) is 0 Å². The minimum Gasteiger partial charge on any atom is -0.387 e. The number of hydrogen-bond acceptors (Lipinski definition) is 7. The lowest BCUT2D eigenvalue weighted by Gasteiger charge is -2.14. The highest BCUT2D eigenvalue weighted by Gasteiger charge is 2.45. The molecule has 1 saturated heterocycles. The Morgan fingerprint density at radius 2 is 2.05 bits per heavy atom. The van der Waals surface area contributed by atoms with E-state index in [1.165, 1.54) is 7.05 Å². The molecule has 1 aromatic rings. The van der Waals surface area contributed by atoms with Gasteiger partial charge >= 0.3 is 11.8 Å². The molecule has 124 valence electrons. The molecule has 0 radical (unpaired) electrons. The van der Waals surface area contributed by atoms with Crippen LogP contribution in [0.2, 0.25) is 0 Å². The fourth-order valence-corrected chi connectivity index (χ4v) is 2.75. The maximum absolute atomic E-state index is 12.0. The van der Waals surface area contributed by atoms with Crippen molar-refractivity contribution in [3.63, 3.8) is 0 Å². The molecule has 9 nitrogen and oxygen atoms in total. The fraction of sp³-hybridized carbons (Fsp3) is 0.600. The van der Waals surface area contributed by atoms with Crippen molar-refractivity contribution in [3.05, 3.63) is 32.6 Å². The first-order chi connectivity index (χ1) is 10.1. The topological polar surface area (TPSA) is 131 Å². The molecule has 0 aliphatic carbocycles. The summed E-state index contributed by atoms with van der Waals surface area (Å²) in [5.41, 5.74) is -1.36. The van der Waals surface area contributed by atoms with E-state index in [2.05, 4.69) is 9.51 Å². The number of aromatic nitrogens is 2. The van der Waals surface area contributed by atoms with E-state index in [-0.39, 0.29) is 5.56 Å². The summed E-state index contributed by atoms with van der Waals surface area (Å²) >= 11 is 10.4. The van der Waals surface area contributed by atoms with Gasteiger partial charge in [-0.15, -0.1) is 0 Å². The Bertz CT molecular complexity index is 714. The number of aliphatic hydroxyl groups excluding tert-OH is 2. The average Bonchev–Trinajstić information content (AvgIpc) is 2.70. The Labute approximate surface area is 133 Å². The predicted molar refractivity (Wildman–Crippen MR) is 77.2 cm³/mol. The summed E-state index contributed by atoms with van der Waals surface area (Å²) in [6.07, 6.45) is -7.87. The van der Waals surface area contributed by atoms with E-state index in [1.54, 1.807) is 0 Å². The van der Waals surface area contributed by atoms with Crippen LogP contribution in [0, 0.1) is 0 Å². The van der Waals surface area contributed by atoms with Crippen LogP contribution in [0.3, 0.4) is 0 Å². The van der Waals surface area contributed by atoms with Crippen LogP contribution in [0.1, 0.15) is 11.7 Å². The van der Waals surface area contributed by atoms with Crippen LogP contribution in [-0.2, 0) is 20.9 Å². The highest BCUT2D eigenvalue weighted by molar-refractivity contribution is 8.05. The second kappa shape index (κ2) is 6.45. The summed E-state index contributed by atoms with van der Waals surface area (Å²) in [6.45, 7) is -0.442. The number of hydrogen-bond donors (Lipinski definition) is 3. The minimum absolute atomic E-state index is 0.0453.